The molecular weight excluding hydrogens is 566 g/mol. The fraction of sp³-hybridized carbons (Fsp3) is 0.312. The second kappa shape index (κ2) is 13.9. The quantitative estimate of drug-likeness (QED) is 0.102. The van der Waals surface area contributed by atoms with Gasteiger partial charge in [0.05, 0.1) is 0 Å². The maximum absolute atomic E-state index is 13.3. The molecule has 0 spiro atoms. The average Bonchev–Trinajstić information content (AvgIpc) is 2.96. The van der Waals surface area contributed by atoms with Gasteiger partial charge in [-0.2, -0.15) is 0 Å². The first-order chi connectivity index (χ1) is 20.9. The van der Waals surface area contributed by atoms with E-state index in [1.807, 2.05) is 20.8 Å². The third kappa shape index (κ3) is 9.20. The highest BCUT2D eigenvalue weighted by molar-refractivity contribution is 5.95. The van der Waals surface area contributed by atoms with Gasteiger partial charge in [0.15, 0.2) is 0 Å². The largest absolute Gasteiger partial charge is 0.457 e. The van der Waals surface area contributed by atoms with Crippen LogP contribution in [0.15, 0.2) is 66.7 Å². The van der Waals surface area contributed by atoms with Crippen molar-refractivity contribution < 1.29 is 33.8 Å². The molecule has 1 aliphatic carbocycles. The number of nitrogens with two attached hydrogens (primary N) is 1. The Bertz CT molecular complexity index is 1490. The van der Waals surface area contributed by atoms with Crippen LogP contribution >= 0.6 is 0 Å². The minimum Gasteiger partial charge on any atom is -0.457 e. The van der Waals surface area contributed by atoms with Crippen LogP contribution in [0.5, 0.6) is 23.0 Å². The number of hydrogen-bond donors (Lipinski definition) is 6. The lowest BCUT2D eigenvalue weighted by Gasteiger charge is -2.29. The molecule has 3 aromatic rings. The molecule has 1 saturated carbocycles. The third-order valence-corrected chi connectivity index (χ3v) is 6.83. The molecule has 1 aliphatic rings. The Hall–Kier alpha value is -5.10. The Labute approximate surface area is 255 Å². The van der Waals surface area contributed by atoms with Crippen LogP contribution < -0.4 is 31.3 Å². The molecule has 0 aromatic heterocycles. The Morgan fingerprint density at radius 1 is 0.818 bits per heavy atom. The van der Waals surface area contributed by atoms with Gasteiger partial charge in [0, 0.05) is 47.0 Å². The molecule has 0 radical (unpaired) electrons. The number of ether oxygens (including phenoxy) is 3. The second-order valence-corrected chi connectivity index (χ2v) is 11.5. The topological polar surface area (TPSA) is 185 Å². The number of amides is 3. The summed E-state index contributed by atoms with van der Waals surface area (Å²) in [6.45, 7) is 5.43. The third-order valence-electron chi connectivity index (χ3n) is 6.83. The normalized spacial score (nSPS) is 16.3. The zero-order chi connectivity index (χ0) is 31.9. The van der Waals surface area contributed by atoms with Crippen LogP contribution in [0.3, 0.4) is 0 Å². The van der Waals surface area contributed by atoms with Crippen LogP contribution in [-0.4, -0.2) is 40.6 Å². The molecule has 12 heteroatoms. The van der Waals surface area contributed by atoms with Crippen molar-refractivity contribution in [2.24, 2.45) is 11.7 Å². The summed E-state index contributed by atoms with van der Waals surface area (Å²) < 4.78 is 17.4. The van der Waals surface area contributed by atoms with E-state index in [0.29, 0.717) is 65.5 Å². The second-order valence-electron chi connectivity index (χ2n) is 11.5. The number of alkyl carbamates (subject to hydrolysis) is 1. The summed E-state index contributed by atoms with van der Waals surface area (Å²) in [4.78, 5) is 36.8. The molecule has 4 rings (SSSR count). The van der Waals surface area contributed by atoms with Crippen molar-refractivity contribution in [1.82, 2.24) is 10.8 Å². The van der Waals surface area contributed by atoms with Crippen LogP contribution in [0.2, 0.25) is 0 Å². The Balaban J connectivity index is 1.47. The minimum absolute atomic E-state index is 0.0603. The van der Waals surface area contributed by atoms with Crippen molar-refractivity contribution >= 4 is 29.4 Å². The highest BCUT2D eigenvalue weighted by Gasteiger charge is 2.28. The molecule has 3 aromatic carbocycles. The molecule has 12 nitrogen and oxygen atoms in total. The lowest BCUT2D eigenvalue weighted by molar-refractivity contribution is -0.120. The fourth-order valence-corrected chi connectivity index (χ4v) is 4.69. The summed E-state index contributed by atoms with van der Waals surface area (Å²) in [7, 11) is 0. The van der Waals surface area contributed by atoms with Gasteiger partial charge in [0.25, 0.3) is 0 Å². The number of nitrogens with one attached hydrogen (secondary N) is 4. The van der Waals surface area contributed by atoms with Crippen molar-refractivity contribution in [3.05, 3.63) is 77.9 Å². The summed E-state index contributed by atoms with van der Waals surface area (Å²) in [5, 5.41) is 22.5. The first-order valence-corrected chi connectivity index (χ1v) is 14.2. The van der Waals surface area contributed by atoms with Gasteiger partial charge in [-0.1, -0.05) is 0 Å². The predicted molar refractivity (Wildman–Crippen MR) is 163 cm³/mol. The number of amidine groups is 1. The van der Waals surface area contributed by atoms with E-state index < -0.39 is 17.6 Å². The molecule has 7 N–H and O–H groups in total. The molecule has 232 valence electrons. The van der Waals surface area contributed by atoms with Crippen LogP contribution in [0.1, 0.15) is 62.4 Å². The van der Waals surface area contributed by atoms with Crippen molar-refractivity contribution in [3.63, 3.8) is 0 Å². The van der Waals surface area contributed by atoms with Crippen LogP contribution in [0.4, 0.5) is 10.5 Å². The van der Waals surface area contributed by atoms with Gasteiger partial charge in [-0.25, -0.2) is 4.79 Å². The summed E-state index contributed by atoms with van der Waals surface area (Å²) in [6.07, 6.45) is 2.03. The van der Waals surface area contributed by atoms with E-state index in [1.165, 1.54) is 0 Å². The van der Waals surface area contributed by atoms with E-state index in [-0.39, 0.29) is 23.7 Å². The molecule has 1 fully saturated rings. The van der Waals surface area contributed by atoms with E-state index >= 15 is 0 Å². The van der Waals surface area contributed by atoms with Gasteiger partial charge in [-0.15, -0.1) is 0 Å². The molecule has 0 bridgehead atoms. The van der Waals surface area contributed by atoms with E-state index in [1.54, 1.807) is 72.2 Å². The van der Waals surface area contributed by atoms with Gasteiger partial charge in [-0.3, -0.25) is 25.7 Å². The molecule has 0 heterocycles. The van der Waals surface area contributed by atoms with E-state index in [4.69, 9.17) is 30.6 Å². The first-order valence-electron chi connectivity index (χ1n) is 14.2. The molecule has 3 amide bonds. The summed E-state index contributed by atoms with van der Waals surface area (Å²) >= 11 is 0. The van der Waals surface area contributed by atoms with Gasteiger partial charge in [0.1, 0.15) is 34.4 Å². The highest BCUT2D eigenvalue weighted by Crippen LogP contribution is 2.34. The molecule has 0 aliphatic heterocycles. The molecule has 44 heavy (non-hydrogen) atoms. The molecule has 0 unspecified atom stereocenters. The van der Waals surface area contributed by atoms with Crippen molar-refractivity contribution in [2.45, 2.75) is 58.1 Å². The number of rotatable bonds is 9. The zero-order valence-electron chi connectivity index (χ0n) is 24.8. The number of primary amides is 1. The van der Waals surface area contributed by atoms with Gasteiger partial charge in [0.2, 0.25) is 11.8 Å². The standard InChI is InChI=1S/C32H37N5O7/c1-32(2,3)44-31(40)36-22-10-4-21(5-11-22)30(39)35-23-16-26(42-24-12-6-19(7-13-24)28(33)37-41)18-27(17-23)43-25-14-8-20(9-15-25)29(34)38/h6-9,12-18,21-22,41H,4-5,10-11H2,1-3H3,(H2,33,37)(H2,34,38)(H,35,39)(H,36,40)/t21-,22-. The van der Waals surface area contributed by atoms with Gasteiger partial charge >= 0.3 is 6.09 Å². The molecule has 0 atom stereocenters. The summed E-state index contributed by atoms with van der Waals surface area (Å²) in [6, 6.07) is 17.7. The van der Waals surface area contributed by atoms with Crippen molar-refractivity contribution in [2.75, 3.05) is 5.32 Å². The maximum Gasteiger partial charge on any atom is 0.407 e. The van der Waals surface area contributed by atoms with Gasteiger partial charge < -0.3 is 30.6 Å². The number of carbonyl (C=O) groups excluding carboxylic acids is 3. The maximum atomic E-state index is 13.3. The summed E-state index contributed by atoms with van der Waals surface area (Å²) in [5.41, 5.74) is 7.80. The SMILES string of the molecule is CC(C)(C)OC(=O)N[C@H]1CC[C@H](C(=O)Nc2cc(Oc3ccc(C(=N)NO)cc3)cc(Oc3ccc(C(N)=O)cc3)c2)CC1. The van der Waals surface area contributed by atoms with E-state index in [9.17, 15) is 14.4 Å². The van der Waals surface area contributed by atoms with Crippen LogP contribution in [0.25, 0.3) is 0 Å². The van der Waals surface area contributed by atoms with E-state index in [0.717, 1.165) is 0 Å². The van der Waals surface area contributed by atoms with Crippen molar-refractivity contribution in [1.29, 1.82) is 5.41 Å². The first kappa shape index (κ1) is 31.8. The number of hydrogen-bond acceptors (Lipinski definition) is 8. The Kier molecular flexibility index (Phi) is 10.1. The monoisotopic (exact) mass is 603 g/mol. The van der Waals surface area contributed by atoms with Crippen molar-refractivity contribution in [3.8, 4) is 23.0 Å². The average molecular weight is 604 g/mol. The minimum atomic E-state index is -0.583. The number of hydroxylamine groups is 1. The van der Waals surface area contributed by atoms with E-state index in [2.05, 4.69) is 10.6 Å². The lowest BCUT2D eigenvalue weighted by atomic mass is 9.85. The van der Waals surface area contributed by atoms with Crippen LogP contribution in [0, 0.1) is 11.3 Å². The van der Waals surface area contributed by atoms with Gasteiger partial charge in [-0.05, 0) is 95.0 Å². The lowest BCUT2D eigenvalue weighted by Crippen LogP contribution is -2.42. The predicted octanol–water partition coefficient (Wildman–Crippen LogP) is 5.70. The molecule has 0 saturated heterocycles. The summed E-state index contributed by atoms with van der Waals surface area (Å²) in [5.74, 6) is 0.531. The Morgan fingerprint density at radius 2 is 1.34 bits per heavy atom. The smallest absolute Gasteiger partial charge is 0.407 e. The molecular formula is C32H37N5O7. The number of benzene rings is 3. The fourth-order valence-electron chi connectivity index (χ4n) is 4.69. The number of anilines is 1. The van der Waals surface area contributed by atoms with Crippen LogP contribution in [-0.2, 0) is 9.53 Å². The Morgan fingerprint density at radius 3 is 1.82 bits per heavy atom. The number of carbonyl (C=O) groups is 3. The zero-order valence-corrected chi connectivity index (χ0v) is 24.8. The highest BCUT2D eigenvalue weighted by atomic mass is 16.6.